The van der Waals surface area contributed by atoms with Crippen LogP contribution in [0.1, 0.15) is 42.6 Å². The standard InChI is InChI=1S/C19H22O2/c1-3-7-18(17-12-10-15(2)11-13-17)21-19(20)14-16-8-5-4-6-9-16/h4-6,8-13,18H,3,7,14H2,1-2H3. The summed E-state index contributed by atoms with van der Waals surface area (Å²) in [7, 11) is 0. The van der Waals surface area contributed by atoms with E-state index in [9.17, 15) is 4.79 Å². The summed E-state index contributed by atoms with van der Waals surface area (Å²) in [6.07, 6.45) is 2.01. The molecule has 2 aromatic carbocycles. The van der Waals surface area contributed by atoms with Crippen LogP contribution < -0.4 is 0 Å². The van der Waals surface area contributed by atoms with E-state index < -0.39 is 0 Å². The number of carbonyl (C=O) groups is 1. The lowest BCUT2D eigenvalue weighted by atomic mass is 10.0. The normalized spacial score (nSPS) is 11.9. The Hall–Kier alpha value is -2.09. The highest BCUT2D eigenvalue weighted by Crippen LogP contribution is 2.23. The van der Waals surface area contributed by atoms with Gasteiger partial charge in [-0.25, -0.2) is 0 Å². The SMILES string of the molecule is CCCC(OC(=O)Cc1ccccc1)c1ccc(C)cc1. The Morgan fingerprint density at radius 2 is 1.71 bits per heavy atom. The van der Waals surface area contributed by atoms with E-state index in [1.807, 2.05) is 42.5 Å². The van der Waals surface area contributed by atoms with Crippen molar-refractivity contribution in [3.63, 3.8) is 0 Å². The second-order valence-electron chi connectivity index (χ2n) is 5.34. The molecule has 0 aliphatic carbocycles. The summed E-state index contributed by atoms with van der Waals surface area (Å²) >= 11 is 0. The van der Waals surface area contributed by atoms with Gasteiger partial charge in [0.25, 0.3) is 0 Å². The van der Waals surface area contributed by atoms with Crippen LogP contribution in [0.15, 0.2) is 54.6 Å². The van der Waals surface area contributed by atoms with Crippen LogP contribution in [-0.2, 0) is 16.0 Å². The lowest BCUT2D eigenvalue weighted by Crippen LogP contribution is -2.13. The van der Waals surface area contributed by atoms with E-state index in [2.05, 4.69) is 26.0 Å². The lowest BCUT2D eigenvalue weighted by Gasteiger charge is -2.18. The van der Waals surface area contributed by atoms with E-state index in [4.69, 9.17) is 4.74 Å². The summed E-state index contributed by atoms with van der Waals surface area (Å²) in [5, 5.41) is 0. The predicted octanol–water partition coefficient (Wildman–Crippen LogP) is 4.62. The topological polar surface area (TPSA) is 26.3 Å². The molecule has 0 aromatic heterocycles. The fourth-order valence-electron chi connectivity index (χ4n) is 2.30. The number of benzene rings is 2. The van der Waals surface area contributed by atoms with Gasteiger partial charge in [-0.1, -0.05) is 73.5 Å². The molecule has 2 heteroatoms. The maximum atomic E-state index is 12.1. The fraction of sp³-hybridized carbons (Fsp3) is 0.316. The summed E-state index contributed by atoms with van der Waals surface area (Å²) in [6.45, 7) is 4.16. The average molecular weight is 282 g/mol. The van der Waals surface area contributed by atoms with Crippen molar-refractivity contribution in [2.24, 2.45) is 0 Å². The van der Waals surface area contributed by atoms with Gasteiger partial charge in [0.1, 0.15) is 6.10 Å². The van der Waals surface area contributed by atoms with Gasteiger partial charge in [-0.15, -0.1) is 0 Å². The van der Waals surface area contributed by atoms with Gasteiger partial charge in [0, 0.05) is 0 Å². The molecule has 0 heterocycles. The van der Waals surface area contributed by atoms with Crippen LogP contribution in [0.3, 0.4) is 0 Å². The highest BCUT2D eigenvalue weighted by molar-refractivity contribution is 5.72. The molecule has 0 N–H and O–H groups in total. The molecule has 0 aliphatic heterocycles. The molecule has 1 unspecified atom stereocenters. The minimum absolute atomic E-state index is 0.146. The fourth-order valence-corrected chi connectivity index (χ4v) is 2.30. The van der Waals surface area contributed by atoms with Crippen molar-refractivity contribution in [1.29, 1.82) is 0 Å². The molecule has 2 aromatic rings. The van der Waals surface area contributed by atoms with Gasteiger partial charge in [0.15, 0.2) is 0 Å². The molecule has 110 valence electrons. The average Bonchev–Trinajstić information content (AvgIpc) is 2.48. The molecule has 2 nitrogen and oxygen atoms in total. The van der Waals surface area contributed by atoms with Crippen molar-refractivity contribution < 1.29 is 9.53 Å². The molecule has 0 fully saturated rings. The van der Waals surface area contributed by atoms with Gasteiger partial charge in [-0.05, 0) is 24.5 Å². The molecule has 1 atom stereocenters. The maximum absolute atomic E-state index is 12.1. The number of rotatable bonds is 6. The Labute approximate surface area is 126 Å². The number of aryl methyl sites for hydroxylation is 1. The number of carbonyl (C=O) groups excluding carboxylic acids is 1. The van der Waals surface area contributed by atoms with Crippen molar-refractivity contribution in [2.45, 2.75) is 39.2 Å². The van der Waals surface area contributed by atoms with Crippen LogP contribution in [0.5, 0.6) is 0 Å². The van der Waals surface area contributed by atoms with E-state index in [0.717, 1.165) is 24.0 Å². The van der Waals surface area contributed by atoms with Crippen molar-refractivity contribution in [3.05, 3.63) is 71.3 Å². The first kappa shape index (κ1) is 15.3. The van der Waals surface area contributed by atoms with E-state index in [-0.39, 0.29) is 12.1 Å². The Balaban J connectivity index is 2.02. The summed E-state index contributed by atoms with van der Waals surface area (Å²) < 4.78 is 5.68. The summed E-state index contributed by atoms with van der Waals surface area (Å²) in [5.41, 5.74) is 3.27. The van der Waals surface area contributed by atoms with Gasteiger partial charge in [0.05, 0.1) is 6.42 Å². The van der Waals surface area contributed by atoms with Gasteiger partial charge in [-0.2, -0.15) is 0 Å². The monoisotopic (exact) mass is 282 g/mol. The third kappa shape index (κ3) is 4.75. The Morgan fingerprint density at radius 3 is 2.33 bits per heavy atom. The third-order valence-corrected chi connectivity index (χ3v) is 3.46. The summed E-state index contributed by atoms with van der Waals surface area (Å²) in [4.78, 5) is 12.1. The van der Waals surface area contributed by atoms with Crippen molar-refractivity contribution in [2.75, 3.05) is 0 Å². The molecule has 2 rings (SSSR count). The molecule has 0 bridgehead atoms. The van der Waals surface area contributed by atoms with E-state index in [1.165, 1.54) is 5.56 Å². The molecular weight excluding hydrogens is 260 g/mol. The lowest BCUT2D eigenvalue weighted by molar-refractivity contribution is -0.149. The second kappa shape index (κ2) is 7.63. The van der Waals surface area contributed by atoms with Crippen LogP contribution >= 0.6 is 0 Å². The molecule has 0 aliphatic rings. The molecule has 0 spiro atoms. The first-order valence-electron chi connectivity index (χ1n) is 7.49. The zero-order valence-corrected chi connectivity index (χ0v) is 12.7. The minimum atomic E-state index is -0.166. The molecule has 0 saturated heterocycles. The van der Waals surface area contributed by atoms with E-state index in [0.29, 0.717) is 6.42 Å². The molecule has 0 amide bonds. The van der Waals surface area contributed by atoms with Crippen LogP contribution in [0.25, 0.3) is 0 Å². The van der Waals surface area contributed by atoms with Crippen LogP contribution in [-0.4, -0.2) is 5.97 Å². The second-order valence-corrected chi connectivity index (χ2v) is 5.34. The molecule has 0 saturated carbocycles. The van der Waals surface area contributed by atoms with Crippen molar-refractivity contribution in [1.82, 2.24) is 0 Å². The van der Waals surface area contributed by atoms with Crippen LogP contribution in [0, 0.1) is 6.92 Å². The van der Waals surface area contributed by atoms with Crippen molar-refractivity contribution in [3.8, 4) is 0 Å². The molecule has 21 heavy (non-hydrogen) atoms. The summed E-state index contributed by atoms with van der Waals surface area (Å²) in [5.74, 6) is -0.166. The quantitative estimate of drug-likeness (QED) is 0.722. The maximum Gasteiger partial charge on any atom is 0.310 e. The van der Waals surface area contributed by atoms with Gasteiger partial charge < -0.3 is 4.74 Å². The Morgan fingerprint density at radius 1 is 1.05 bits per heavy atom. The van der Waals surface area contributed by atoms with E-state index >= 15 is 0 Å². The van der Waals surface area contributed by atoms with Gasteiger partial charge in [-0.3, -0.25) is 4.79 Å². The first-order chi connectivity index (χ1) is 10.2. The molecule has 0 radical (unpaired) electrons. The zero-order valence-electron chi connectivity index (χ0n) is 12.7. The largest absolute Gasteiger partial charge is 0.457 e. The number of hydrogen-bond acceptors (Lipinski definition) is 2. The molecular formula is C19H22O2. The first-order valence-corrected chi connectivity index (χ1v) is 7.49. The van der Waals surface area contributed by atoms with Crippen LogP contribution in [0.4, 0.5) is 0 Å². The summed E-state index contributed by atoms with van der Waals surface area (Å²) in [6, 6.07) is 17.9. The zero-order chi connectivity index (χ0) is 15.1. The van der Waals surface area contributed by atoms with Crippen LogP contribution in [0.2, 0.25) is 0 Å². The number of esters is 1. The number of ether oxygens (including phenoxy) is 1. The minimum Gasteiger partial charge on any atom is -0.457 e. The van der Waals surface area contributed by atoms with Gasteiger partial charge >= 0.3 is 5.97 Å². The third-order valence-electron chi connectivity index (χ3n) is 3.46. The predicted molar refractivity (Wildman–Crippen MR) is 85.1 cm³/mol. The van der Waals surface area contributed by atoms with Crippen molar-refractivity contribution >= 4 is 5.97 Å². The highest BCUT2D eigenvalue weighted by atomic mass is 16.5. The highest BCUT2D eigenvalue weighted by Gasteiger charge is 2.16. The number of hydrogen-bond donors (Lipinski definition) is 0. The van der Waals surface area contributed by atoms with E-state index in [1.54, 1.807) is 0 Å². The smallest absolute Gasteiger partial charge is 0.310 e. The Kier molecular flexibility index (Phi) is 5.56. The Bertz CT molecular complexity index is 558. The van der Waals surface area contributed by atoms with Gasteiger partial charge in [0.2, 0.25) is 0 Å².